The van der Waals surface area contributed by atoms with Crippen LogP contribution >= 0.6 is 11.3 Å². The van der Waals surface area contributed by atoms with E-state index in [4.69, 9.17) is 9.47 Å². The Labute approximate surface area is 134 Å². The molecule has 0 radical (unpaired) electrons. The number of hydrogen-bond acceptors (Lipinski definition) is 5. The molecule has 1 atom stereocenters. The molecule has 0 amide bonds. The molecule has 1 saturated heterocycles. The molecule has 0 bridgehead atoms. The van der Waals surface area contributed by atoms with Gasteiger partial charge in [0.2, 0.25) is 0 Å². The lowest BCUT2D eigenvalue weighted by atomic mass is 10.1. The van der Waals surface area contributed by atoms with Gasteiger partial charge in [-0.1, -0.05) is 30.3 Å². The molecule has 1 aliphatic heterocycles. The minimum Gasteiger partial charge on any atom is -0.463 e. The molecule has 1 fully saturated rings. The highest BCUT2D eigenvalue weighted by atomic mass is 32.1. The number of aromatic nitrogens is 1. The van der Waals surface area contributed by atoms with Crippen molar-refractivity contribution in [1.82, 2.24) is 4.98 Å². The molecule has 0 N–H and O–H groups in total. The number of carbonyl (C=O) groups is 1. The molecule has 0 aliphatic carbocycles. The summed E-state index contributed by atoms with van der Waals surface area (Å²) in [6.45, 7) is 1.13. The maximum Gasteiger partial charge on any atom is 0.311 e. The number of hydrogen-bond donors (Lipinski definition) is 0. The van der Waals surface area contributed by atoms with Crippen LogP contribution in [-0.4, -0.2) is 30.3 Å². The molecule has 1 aromatic carbocycles. The molecule has 0 saturated carbocycles. The Morgan fingerprint density at radius 2 is 2.18 bits per heavy atom. The molecule has 0 spiro atoms. The first-order valence-electron chi connectivity index (χ1n) is 7.58. The van der Waals surface area contributed by atoms with E-state index in [-0.39, 0.29) is 18.5 Å². The molecule has 3 rings (SSSR count). The van der Waals surface area contributed by atoms with Gasteiger partial charge in [-0.25, -0.2) is 4.98 Å². The van der Waals surface area contributed by atoms with Gasteiger partial charge in [-0.3, -0.25) is 4.79 Å². The number of ether oxygens (including phenoxy) is 2. The van der Waals surface area contributed by atoms with Crippen molar-refractivity contribution in [3.05, 3.63) is 41.4 Å². The first kappa shape index (κ1) is 15.2. The highest BCUT2D eigenvalue weighted by molar-refractivity contribution is 7.13. The first-order chi connectivity index (χ1) is 10.8. The van der Waals surface area contributed by atoms with Gasteiger partial charge in [-0.2, -0.15) is 0 Å². The van der Waals surface area contributed by atoms with Gasteiger partial charge in [0.1, 0.15) is 11.6 Å². The Morgan fingerprint density at radius 1 is 1.32 bits per heavy atom. The van der Waals surface area contributed by atoms with Crippen LogP contribution in [-0.2, 0) is 20.7 Å². The van der Waals surface area contributed by atoms with Crippen molar-refractivity contribution in [3.63, 3.8) is 0 Å². The molecular weight excluding hydrogens is 298 g/mol. The Kier molecular flexibility index (Phi) is 5.19. The van der Waals surface area contributed by atoms with Gasteiger partial charge >= 0.3 is 5.97 Å². The van der Waals surface area contributed by atoms with Gasteiger partial charge in [0.25, 0.3) is 0 Å². The van der Waals surface area contributed by atoms with Gasteiger partial charge in [-0.05, 0) is 19.3 Å². The summed E-state index contributed by atoms with van der Waals surface area (Å²) in [5, 5.41) is 2.85. The van der Waals surface area contributed by atoms with Gasteiger partial charge in [0, 0.05) is 17.6 Å². The van der Waals surface area contributed by atoms with E-state index in [2.05, 4.69) is 4.98 Å². The summed E-state index contributed by atoms with van der Waals surface area (Å²) < 4.78 is 10.9. The fourth-order valence-electron chi connectivity index (χ4n) is 2.43. The fourth-order valence-corrected chi connectivity index (χ4v) is 3.25. The van der Waals surface area contributed by atoms with Crippen LogP contribution in [0.1, 0.15) is 25.0 Å². The summed E-state index contributed by atoms with van der Waals surface area (Å²) in [6, 6.07) is 9.97. The average Bonchev–Trinajstić information content (AvgIpc) is 3.03. The molecule has 22 heavy (non-hydrogen) atoms. The summed E-state index contributed by atoms with van der Waals surface area (Å²) in [5.74, 6) is -0.237. The van der Waals surface area contributed by atoms with E-state index in [0.717, 1.165) is 42.1 Å². The Balaban J connectivity index is 1.50. The van der Waals surface area contributed by atoms with Crippen molar-refractivity contribution in [1.29, 1.82) is 0 Å². The molecule has 1 aromatic heterocycles. The van der Waals surface area contributed by atoms with Gasteiger partial charge in [0.05, 0.1) is 18.2 Å². The van der Waals surface area contributed by atoms with Crippen molar-refractivity contribution in [2.24, 2.45) is 0 Å². The van der Waals surface area contributed by atoms with Gasteiger partial charge in [0.15, 0.2) is 0 Å². The summed E-state index contributed by atoms with van der Waals surface area (Å²) in [7, 11) is 0. The molecule has 2 aromatic rings. The molecular formula is C17H19NO3S. The topological polar surface area (TPSA) is 48.4 Å². The van der Waals surface area contributed by atoms with E-state index >= 15 is 0 Å². The predicted molar refractivity (Wildman–Crippen MR) is 85.8 cm³/mol. The van der Waals surface area contributed by atoms with Crippen LogP contribution in [0.5, 0.6) is 0 Å². The quantitative estimate of drug-likeness (QED) is 0.792. The normalized spacial score (nSPS) is 18.1. The molecule has 5 heteroatoms. The summed E-state index contributed by atoms with van der Waals surface area (Å²) in [4.78, 5) is 16.4. The predicted octanol–water partition coefficient (Wildman–Crippen LogP) is 3.46. The zero-order chi connectivity index (χ0) is 15.2. The number of esters is 1. The minimum absolute atomic E-state index is 0.0630. The van der Waals surface area contributed by atoms with Crippen LogP contribution in [0.25, 0.3) is 10.6 Å². The van der Waals surface area contributed by atoms with Crippen LogP contribution in [0.15, 0.2) is 35.7 Å². The largest absolute Gasteiger partial charge is 0.463 e. The van der Waals surface area contributed by atoms with E-state index in [1.54, 1.807) is 11.3 Å². The second kappa shape index (κ2) is 7.51. The number of benzene rings is 1. The number of rotatable bonds is 5. The second-order valence-corrected chi connectivity index (χ2v) is 6.22. The molecule has 2 heterocycles. The lowest BCUT2D eigenvalue weighted by Crippen LogP contribution is -2.26. The zero-order valence-electron chi connectivity index (χ0n) is 12.4. The average molecular weight is 317 g/mol. The second-order valence-electron chi connectivity index (χ2n) is 5.36. The van der Waals surface area contributed by atoms with E-state index in [9.17, 15) is 4.79 Å². The lowest BCUT2D eigenvalue weighted by molar-refractivity contribution is -0.148. The van der Waals surface area contributed by atoms with Crippen molar-refractivity contribution in [2.45, 2.75) is 31.8 Å². The van der Waals surface area contributed by atoms with Crippen molar-refractivity contribution >= 4 is 17.3 Å². The Bertz CT molecular complexity index is 605. The van der Waals surface area contributed by atoms with Gasteiger partial charge < -0.3 is 9.47 Å². The monoisotopic (exact) mass is 317 g/mol. The molecule has 1 aliphatic rings. The van der Waals surface area contributed by atoms with Crippen LogP contribution in [0.3, 0.4) is 0 Å². The Hall–Kier alpha value is -1.72. The smallest absolute Gasteiger partial charge is 0.311 e. The summed E-state index contributed by atoms with van der Waals surface area (Å²) >= 11 is 1.55. The third-order valence-electron chi connectivity index (χ3n) is 3.60. The zero-order valence-corrected chi connectivity index (χ0v) is 13.2. The van der Waals surface area contributed by atoms with Gasteiger partial charge in [-0.15, -0.1) is 11.3 Å². The van der Waals surface area contributed by atoms with E-state index < -0.39 is 0 Å². The highest BCUT2D eigenvalue weighted by Crippen LogP contribution is 2.23. The summed E-state index contributed by atoms with van der Waals surface area (Å²) in [6.07, 6.45) is 3.51. The number of carbonyl (C=O) groups excluding carboxylic acids is 1. The molecule has 4 nitrogen and oxygen atoms in total. The Morgan fingerprint density at radius 3 is 2.95 bits per heavy atom. The first-order valence-corrected chi connectivity index (χ1v) is 8.46. The maximum atomic E-state index is 11.9. The van der Waals surface area contributed by atoms with Crippen LogP contribution in [0.4, 0.5) is 0 Å². The molecule has 116 valence electrons. The molecule has 1 unspecified atom stereocenters. The van der Waals surface area contributed by atoms with Crippen LogP contribution in [0, 0.1) is 0 Å². The fraction of sp³-hybridized carbons (Fsp3) is 0.412. The number of nitrogens with zero attached hydrogens (tertiary/aromatic N) is 1. The van der Waals surface area contributed by atoms with E-state index in [1.165, 1.54) is 0 Å². The third kappa shape index (κ3) is 4.15. The standard InChI is InChI=1S/C17H19NO3S/c19-16(21-11-15-8-4-5-9-20-15)10-14-12-22-17(18-14)13-6-2-1-3-7-13/h1-3,6-7,12,15H,4-5,8-11H2. The maximum absolute atomic E-state index is 11.9. The third-order valence-corrected chi connectivity index (χ3v) is 4.54. The lowest BCUT2D eigenvalue weighted by Gasteiger charge is -2.21. The van der Waals surface area contributed by atoms with Crippen LogP contribution in [0.2, 0.25) is 0 Å². The van der Waals surface area contributed by atoms with E-state index in [1.807, 2.05) is 35.7 Å². The van der Waals surface area contributed by atoms with Crippen LogP contribution < -0.4 is 0 Å². The number of thiazole rings is 1. The van der Waals surface area contributed by atoms with Crippen molar-refractivity contribution < 1.29 is 14.3 Å². The minimum atomic E-state index is -0.237. The summed E-state index contributed by atoms with van der Waals surface area (Å²) in [5.41, 5.74) is 1.83. The van der Waals surface area contributed by atoms with Crippen molar-refractivity contribution in [2.75, 3.05) is 13.2 Å². The highest BCUT2D eigenvalue weighted by Gasteiger charge is 2.17. The van der Waals surface area contributed by atoms with E-state index in [0.29, 0.717) is 6.61 Å². The SMILES string of the molecule is O=C(Cc1csc(-c2ccccc2)n1)OCC1CCCCO1. The van der Waals surface area contributed by atoms with Crippen molar-refractivity contribution in [3.8, 4) is 10.6 Å².